The first kappa shape index (κ1) is 17.1. The van der Waals surface area contributed by atoms with E-state index in [4.69, 9.17) is 9.05 Å². The second kappa shape index (κ2) is 10.0. The molecule has 0 radical (unpaired) electrons. The van der Waals surface area contributed by atoms with Gasteiger partial charge in [0.15, 0.2) is 0 Å². The maximum Gasteiger partial charge on any atom is 0.332 e. The number of rotatable bonds is 11. The Kier molecular flexibility index (Phi) is 10.1. The summed E-state index contributed by atoms with van der Waals surface area (Å²) in [5.41, 5.74) is 0. The van der Waals surface area contributed by atoms with E-state index in [1.807, 2.05) is 0 Å². The van der Waals surface area contributed by atoms with Crippen LogP contribution < -0.4 is 5.32 Å². The molecule has 5 nitrogen and oxygen atoms in total. The maximum atomic E-state index is 12.2. The Morgan fingerprint density at radius 3 is 2.24 bits per heavy atom. The van der Waals surface area contributed by atoms with Gasteiger partial charge in [0.2, 0.25) is 0 Å². The molecule has 0 aliphatic carbocycles. The van der Waals surface area contributed by atoms with Gasteiger partial charge >= 0.3 is 7.60 Å². The van der Waals surface area contributed by atoms with Gasteiger partial charge in [-0.3, -0.25) is 4.57 Å². The largest absolute Gasteiger partial charge is 0.395 e. The monoisotopic (exact) mass is 267 g/mol. The Morgan fingerprint density at radius 2 is 1.82 bits per heavy atom. The van der Waals surface area contributed by atoms with Crippen LogP contribution in [0.2, 0.25) is 0 Å². The molecule has 104 valence electrons. The van der Waals surface area contributed by atoms with E-state index < -0.39 is 7.60 Å². The van der Waals surface area contributed by atoms with Crippen LogP contribution in [0, 0.1) is 0 Å². The van der Waals surface area contributed by atoms with Crippen molar-refractivity contribution < 1.29 is 18.7 Å². The van der Waals surface area contributed by atoms with Crippen molar-refractivity contribution in [3.63, 3.8) is 0 Å². The first-order chi connectivity index (χ1) is 8.11. The zero-order valence-corrected chi connectivity index (χ0v) is 12.0. The van der Waals surface area contributed by atoms with Crippen LogP contribution >= 0.6 is 7.60 Å². The molecule has 0 aromatic rings. The maximum absolute atomic E-state index is 12.2. The van der Waals surface area contributed by atoms with Gasteiger partial charge in [-0.15, -0.1) is 0 Å². The molecule has 0 aliphatic heterocycles. The van der Waals surface area contributed by atoms with Crippen LogP contribution in [0.1, 0.15) is 33.6 Å². The van der Waals surface area contributed by atoms with Crippen LogP contribution in [0.3, 0.4) is 0 Å². The van der Waals surface area contributed by atoms with Gasteiger partial charge in [-0.1, -0.05) is 13.3 Å². The molecule has 0 aromatic carbocycles. The van der Waals surface area contributed by atoms with Crippen molar-refractivity contribution in [1.82, 2.24) is 5.32 Å². The smallest absolute Gasteiger partial charge is 0.332 e. The summed E-state index contributed by atoms with van der Waals surface area (Å²) in [6.07, 6.45) is 2.33. The molecule has 0 rings (SSSR count). The minimum absolute atomic E-state index is 0.0617. The summed E-state index contributed by atoms with van der Waals surface area (Å²) >= 11 is 0. The second-order valence-corrected chi connectivity index (χ2v) is 5.92. The molecule has 0 fully saturated rings. The van der Waals surface area contributed by atoms with Crippen LogP contribution in [0.15, 0.2) is 0 Å². The molecule has 0 saturated heterocycles. The Hall–Kier alpha value is 0.0700. The van der Waals surface area contributed by atoms with Gasteiger partial charge in [0.05, 0.1) is 26.0 Å². The highest BCUT2D eigenvalue weighted by Crippen LogP contribution is 2.48. The second-order valence-electron chi connectivity index (χ2n) is 3.82. The lowest BCUT2D eigenvalue weighted by molar-refractivity contribution is 0.204. The normalized spacial score (nSPS) is 13.9. The number of hydrogen-bond donors (Lipinski definition) is 2. The van der Waals surface area contributed by atoms with Crippen LogP contribution in [-0.4, -0.2) is 43.7 Å². The van der Waals surface area contributed by atoms with E-state index in [1.54, 1.807) is 13.8 Å². The predicted molar refractivity (Wildman–Crippen MR) is 69.5 cm³/mol. The summed E-state index contributed by atoms with van der Waals surface area (Å²) in [4.78, 5) is 0. The molecule has 0 aliphatic rings. The third-order valence-electron chi connectivity index (χ3n) is 2.28. The highest BCUT2D eigenvalue weighted by molar-refractivity contribution is 7.53. The van der Waals surface area contributed by atoms with Crippen LogP contribution in [0.5, 0.6) is 0 Å². The van der Waals surface area contributed by atoms with Crippen molar-refractivity contribution in [1.29, 1.82) is 0 Å². The zero-order chi connectivity index (χ0) is 13.1. The van der Waals surface area contributed by atoms with Crippen molar-refractivity contribution in [2.45, 2.75) is 39.7 Å². The standard InChI is InChI=1S/C11H26NO4P/c1-4-7-8-12-11(9-13)10-17(14,15-5-2)16-6-3/h11-13H,4-10H2,1-3H3. The van der Waals surface area contributed by atoms with Crippen molar-refractivity contribution in [3.8, 4) is 0 Å². The average Bonchev–Trinajstić information content (AvgIpc) is 2.28. The molecule has 17 heavy (non-hydrogen) atoms. The third kappa shape index (κ3) is 7.90. The molecular weight excluding hydrogens is 241 g/mol. The van der Waals surface area contributed by atoms with Crippen LogP contribution in [0.4, 0.5) is 0 Å². The molecule has 0 bridgehead atoms. The number of aliphatic hydroxyl groups excluding tert-OH is 1. The van der Waals surface area contributed by atoms with E-state index in [1.165, 1.54) is 0 Å². The lowest BCUT2D eigenvalue weighted by Gasteiger charge is -2.22. The number of aliphatic hydroxyl groups is 1. The van der Waals surface area contributed by atoms with E-state index in [2.05, 4.69) is 12.2 Å². The van der Waals surface area contributed by atoms with Gasteiger partial charge in [-0.05, 0) is 26.8 Å². The Balaban J connectivity index is 4.22. The highest BCUT2D eigenvalue weighted by atomic mass is 31.2. The van der Waals surface area contributed by atoms with Gasteiger partial charge in [-0.25, -0.2) is 0 Å². The zero-order valence-electron chi connectivity index (χ0n) is 11.1. The fraction of sp³-hybridized carbons (Fsp3) is 1.00. The van der Waals surface area contributed by atoms with Crippen LogP contribution in [-0.2, 0) is 13.6 Å². The quantitative estimate of drug-likeness (QED) is 0.443. The van der Waals surface area contributed by atoms with Crippen LogP contribution in [0.25, 0.3) is 0 Å². The molecular formula is C11H26NO4P. The molecule has 2 N–H and O–H groups in total. The first-order valence-electron chi connectivity index (χ1n) is 6.34. The van der Waals surface area contributed by atoms with Crippen molar-refractivity contribution >= 4 is 7.60 Å². The fourth-order valence-corrected chi connectivity index (χ4v) is 3.33. The molecule has 0 saturated carbocycles. The van der Waals surface area contributed by atoms with Crippen molar-refractivity contribution in [2.75, 3.05) is 32.5 Å². The Bertz CT molecular complexity index is 216. The summed E-state index contributed by atoms with van der Waals surface area (Å²) < 4.78 is 22.6. The van der Waals surface area contributed by atoms with Gasteiger partial charge < -0.3 is 19.5 Å². The number of hydrogen-bond acceptors (Lipinski definition) is 5. The summed E-state index contributed by atoms with van der Waals surface area (Å²) in [6.45, 7) is 7.11. The topological polar surface area (TPSA) is 67.8 Å². The molecule has 6 heteroatoms. The summed E-state index contributed by atoms with van der Waals surface area (Å²) in [5, 5.41) is 12.4. The number of nitrogens with one attached hydrogen (secondary N) is 1. The number of unbranched alkanes of at least 4 members (excludes halogenated alkanes) is 1. The van der Waals surface area contributed by atoms with Gasteiger partial charge in [-0.2, -0.15) is 0 Å². The van der Waals surface area contributed by atoms with E-state index in [-0.39, 0.29) is 18.8 Å². The van der Waals surface area contributed by atoms with E-state index in [0.717, 1.165) is 19.4 Å². The van der Waals surface area contributed by atoms with Gasteiger partial charge in [0.1, 0.15) is 0 Å². The summed E-state index contributed by atoms with van der Waals surface area (Å²) in [7, 11) is -3.06. The Labute approximate surface area is 104 Å². The minimum Gasteiger partial charge on any atom is -0.395 e. The molecule has 0 heterocycles. The average molecular weight is 267 g/mol. The first-order valence-corrected chi connectivity index (χ1v) is 8.07. The lowest BCUT2D eigenvalue weighted by atomic mass is 10.3. The SMILES string of the molecule is CCCCNC(CO)CP(=O)(OCC)OCC. The predicted octanol–water partition coefficient (Wildman–Crippen LogP) is 2.00. The molecule has 0 spiro atoms. The van der Waals surface area contributed by atoms with Crippen molar-refractivity contribution in [3.05, 3.63) is 0 Å². The van der Waals surface area contributed by atoms with E-state index >= 15 is 0 Å². The van der Waals surface area contributed by atoms with Crippen molar-refractivity contribution in [2.24, 2.45) is 0 Å². The highest BCUT2D eigenvalue weighted by Gasteiger charge is 2.27. The lowest BCUT2D eigenvalue weighted by Crippen LogP contribution is -2.36. The fourth-order valence-electron chi connectivity index (χ4n) is 1.48. The Morgan fingerprint density at radius 1 is 1.24 bits per heavy atom. The van der Waals surface area contributed by atoms with E-state index in [0.29, 0.717) is 13.2 Å². The van der Waals surface area contributed by atoms with E-state index in [9.17, 15) is 9.67 Å². The minimum atomic E-state index is -3.06. The summed E-state index contributed by atoms with van der Waals surface area (Å²) in [5.74, 6) is 0. The molecule has 0 amide bonds. The molecule has 1 unspecified atom stereocenters. The third-order valence-corrected chi connectivity index (χ3v) is 4.47. The van der Waals surface area contributed by atoms with Gasteiger partial charge in [0, 0.05) is 6.04 Å². The molecule has 1 atom stereocenters. The van der Waals surface area contributed by atoms with Gasteiger partial charge in [0.25, 0.3) is 0 Å². The summed E-state index contributed by atoms with van der Waals surface area (Å²) in [6, 6.07) is -0.231. The molecule has 0 aromatic heterocycles.